The van der Waals surface area contributed by atoms with E-state index in [2.05, 4.69) is 16.0 Å². The molecule has 3 N–H and O–H groups in total. The number of nitrogens with one attached hydrogen (secondary N) is 3. The second kappa shape index (κ2) is 9.18. The maximum atomic E-state index is 12.0. The Bertz CT molecular complexity index is 780. The van der Waals surface area contributed by atoms with Crippen LogP contribution in [0.2, 0.25) is 0 Å². The number of carbonyl (C=O) groups excluding carboxylic acids is 3. The lowest BCUT2D eigenvalue weighted by molar-refractivity contribution is -0.116. The third-order valence-electron chi connectivity index (χ3n) is 3.19. The minimum absolute atomic E-state index is 0.121. The minimum Gasteiger partial charge on any atom is -0.444 e. The summed E-state index contributed by atoms with van der Waals surface area (Å²) in [5.74, 6) is -0.406. The second-order valence-electron chi connectivity index (χ2n) is 6.74. The number of thiophene rings is 1. The highest BCUT2D eigenvalue weighted by molar-refractivity contribution is 7.12. The van der Waals surface area contributed by atoms with Crippen LogP contribution in [0.15, 0.2) is 41.8 Å². The molecule has 1 aromatic carbocycles. The maximum Gasteiger partial charge on any atom is 0.407 e. The van der Waals surface area contributed by atoms with Gasteiger partial charge in [0, 0.05) is 24.3 Å². The van der Waals surface area contributed by atoms with Crippen molar-refractivity contribution >= 4 is 40.6 Å². The average molecular weight is 389 g/mol. The number of rotatable bonds is 6. The van der Waals surface area contributed by atoms with Crippen molar-refractivity contribution in [3.8, 4) is 0 Å². The van der Waals surface area contributed by atoms with E-state index < -0.39 is 11.7 Å². The Kier molecular flexibility index (Phi) is 6.95. The van der Waals surface area contributed by atoms with E-state index in [4.69, 9.17) is 4.74 Å². The molecular weight excluding hydrogens is 366 g/mol. The second-order valence-corrected chi connectivity index (χ2v) is 7.68. The molecule has 27 heavy (non-hydrogen) atoms. The van der Waals surface area contributed by atoms with E-state index in [0.717, 1.165) is 0 Å². The van der Waals surface area contributed by atoms with Crippen molar-refractivity contribution in [2.75, 3.05) is 17.2 Å². The smallest absolute Gasteiger partial charge is 0.407 e. The normalized spacial score (nSPS) is 10.8. The van der Waals surface area contributed by atoms with E-state index in [1.54, 1.807) is 51.1 Å². The predicted octanol–water partition coefficient (Wildman–Crippen LogP) is 3.85. The standard InChI is InChI=1S/C19H23N3O4S/c1-19(2,3)26-18(25)20-11-10-16(23)21-13-6-8-14(9-7-13)22-17(24)15-5-4-12-27-15/h4-9,12H,10-11H2,1-3H3,(H,20,25)(H,21,23)(H,22,24). The van der Waals surface area contributed by atoms with E-state index in [1.807, 2.05) is 11.4 Å². The van der Waals surface area contributed by atoms with Crippen molar-refractivity contribution in [3.63, 3.8) is 0 Å². The molecule has 2 aromatic rings. The van der Waals surface area contributed by atoms with Crippen LogP contribution in [0.3, 0.4) is 0 Å². The molecule has 7 nitrogen and oxygen atoms in total. The van der Waals surface area contributed by atoms with E-state index in [1.165, 1.54) is 11.3 Å². The molecule has 0 saturated heterocycles. The quantitative estimate of drug-likeness (QED) is 0.699. The fourth-order valence-electron chi connectivity index (χ4n) is 2.05. The Morgan fingerprint density at radius 1 is 1.00 bits per heavy atom. The van der Waals surface area contributed by atoms with Gasteiger partial charge in [0.05, 0.1) is 4.88 Å². The Balaban J connectivity index is 1.74. The maximum absolute atomic E-state index is 12.0. The van der Waals surface area contributed by atoms with Gasteiger partial charge in [-0.2, -0.15) is 0 Å². The number of amides is 3. The lowest BCUT2D eigenvalue weighted by atomic mass is 10.2. The number of anilines is 2. The average Bonchev–Trinajstić information content (AvgIpc) is 3.09. The molecule has 0 atom stereocenters. The molecule has 1 aromatic heterocycles. The van der Waals surface area contributed by atoms with Crippen LogP contribution in [0.1, 0.15) is 36.9 Å². The summed E-state index contributed by atoms with van der Waals surface area (Å²) in [4.78, 5) is 36.0. The first-order valence-corrected chi connectivity index (χ1v) is 9.32. The zero-order valence-electron chi connectivity index (χ0n) is 15.5. The molecule has 0 fully saturated rings. The molecule has 0 saturated carbocycles. The molecule has 0 aliphatic carbocycles. The number of hydrogen-bond acceptors (Lipinski definition) is 5. The summed E-state index contributed by atoms with van der Waals surface area (Å²) in [5, 5.41) is 9.89. The molecular formula is C19H23N3O4S. The van der Waals surface area contributed by atoms with Gasteiger partial charge < -0.3 is 20.7 Å². The first-order valence-electron chi connectivity index (χ1n) is 8.44. The predicted molar refractivity (Wildman–Crippen MR) is 106 cm³/mol. The summed E-state index contributed by atoms with van der Waals surface area (Å²) in [6.45, 7) is 5.49. The number of alkyl carbamates (subject to hydrolysis) is 1. The van der Waals surface area contributed by atoms with Crippen molar-refractivity contribution in [2.24, 2.45) is 0 Å². The highest BCUT2D eigenvalue weighted by Gasteiger charge is 2.16. The van der Waals surface area contributed by atoms with Crippen LogP contribution in [0, 0.1) is 0 Å². The van der Waals surface area contributed by atoms with E-state index in [-0.39, 0.29) is 24.8 Å². The fourth-order valence-corrected chi connectivity index (χ4v) is 2.67. The van der Waals surface area contributed by atoms with Crippen molar-refractivity contribution in [2.45, 2.75) is 32.8 Å². The van der Waals surface area contributed by atoms with Gasteiger partial charge in [-0.1, -0.05) is 6.07 Å². The topological polar surface area (TPSA) is 96.5 Å². The van der Waals surface area contributed by atoms with E-state index in [0.29, 0.717) is 16.3 Å². The van der Waals surface area contributed by atoms with Gasteiger partial charge in [0.2, 0.25) is 5.91 Å². The number of carbonyl (C=O) groups is 3. The van der Waals surface area contributed by atoms with Gasteiger partial charge in [-0.05, 0) is 56.5 Å². The van der Waals surface area contributed by atoms with Crippen molar-refractivity contribution < 1.29 is 19.1 Å². The van der Waals surface area contributed by atoms with Crippen LogP contribution in [-0.2, 0) is 9.53 Å². The summed E-state index contributed by atoms with van der Waals surface area (Å²) < 4.78 is 5.09. The van der Waals surface area contributed by atoms with Gasteiger partial charge >= 0.3 is 6.09 Å². The van der Waals surface area contributed by atoms with Gasteiger partial charge in [-0.3, -0.25) is 9.59 Å². The van der Waals surface area contributed by atoms with Gasteiger partial charge in [-0.15, -0.1) is 11.3 Å². The molecule has 0 aliphatic rings. The third-order valence-corrected chi connectivity index (χ3v) is 4.06. The molecule has 0 radical (unpaired) electrons. The monoisotopic (exact) mass is 389 g/mol. The van der Waals surface area contributed by atoms with Gasteiger partial charge in [0.15, 0.2) is 0 Å². The van der Waals surface area contributed by atoms with Crippen LogP contribution in [0.4, 0.5) is 16.2 Å². The Morgan fingerprint density at radius 3 is 2.19 bits per heavy atom. The number of hydrogen-bond donors (Lipinski definition) is 3. The first kappa shape index (κ1) is 20.4. The SMILES string of the molecule is CC(C)(C)OC(=O)NCCC(=O)Nc1ccc(NC(=O)c2cccs2)cc1. The highest BCUT2D eigenvalue weighted by atomic mass is 32.1. The Hall–Kier alpha value is -2.87. The van der Waals surface area contributed by atoms with E-state index >= 15 is 0 Å². The molecule has 144 valence electrons. The lowest BCUT2D eigenvalue weighted by Crippen LogP contribution is -2.34. The molecule has 2 rings (SSSR count). The molecule has 0 bridgehead atoms. The lowest BCUT2D eigenvalue weighted by Gasteiger charge is -2.19. The van der Waals surface area contributed by atoms with Crippen molar-refractivity contribution in [1.29, 1.82) is 0 Å². The third kappa shape index (κ3) is 7.49. The summed E-state index contributed by atoms with van der Waals surface area (Å²) in [6.07, 6.45) is -0.433. The molecule has 3 amide bonds. The first-order chi connectivity index (χ1) is 12.7. The Morgan fingerprint density at radius 2 is 1.63 bits per heavy atom. The van der Waals surface area contributed by atoms with Crippen LogP contribution >= 0.6 is 11.3 Å². The summed E-state index contributed by atoms with van der Waals surface area (Å²) in [5.41, 5.74) is 0.664. The van der Waals surface area contributed by atoms with Crippen molar-refractivity contribution in [1.82, 2.24) is 5.32 Å². The molecule has 0 aliphatic heterocycles. The van der Waals surface area contributed by atoms with Crippen LogP contribution in [0.25, 0.3) is 0 Å². The summed E-state index contributed by atoms with van der Waals surface area (Å²) in [6, 6.07) is 10.4. The van der Waals surface area contributed by atoms with Crippen LogP contribution in [0.5, 0.6) is 0 Å². The highest BCUT2D eigenvalue weighted by Crippen LogP contribution is 2.16. The fraction of sp³-hybridized carbons (Fsp3) is 0.316. The molecule has 0 spiro atoms. The van der Waals surface area contributed by atoms with Gasteiger partial charge in [-0.25, -0.2) is 4.79 Å². The number of ether oxygens (including phenoxy) is 1. The zero-order chi connectivity index (χ0) is 19.9. The van der Waals surface area contributed by atoms with Crippen LogP contribution in [-0.4, -0.2) is 30.1 Å². The van der Waals surface area contributed by atoms with Crippen LogP contribution < -0.4 is 16.0 Å². The van der Waals surface area contributed by atoms with Gasteiger partial charge in [0.1, 0.15) is 5.60 Å². The van der Waals surface area contributed by atoms with Crippen molar-refractivity contribution in [3.05, 3.63) is 46.7 Å². The molecule has 1 heterocycles. The summed E-state index contributed by atoms with van der Waals surface area (Å²) >= 11 is 1.37. The minimum atomic E-state index is -0.576. The van der Waals surface area contributed by atoms with E-state index in [9.17, 15) is 14.4 Å². The Labute approximate surface area is 162 Å². The molecule has 0 unspecified atom stereocenters. The van der Waals surface area contributed by atoms with Gasteiger partial charge in [0.25, 0.3) is 5.91 Å². The summed E-state index contributed by atoms with van der Waals surface area (Å²) in [7, 11) is 0. The molecule has 8 heteroatoms. The zero-order valence-corrected chi connectivity index (χ0v) is 16.3. The number of benzene rings is 1. The largest absolute Gasteiger partial charge is 0.444 e.